The quantitative estimate of drug-likeness (QED) is 0.899. The van der Waals surface area contributed by atoms with E-state index in [2.05, 4.69) is 15.3 Å². The lowest BCUT2D eigenvalue weighted by atomic mass is 10.0. The molecule has 1 aliphatic rings. The van der Waals surface area contributed by atoms with Crippen LogP contribution in [0.25, 0.3) is 0 Å². The SMILES string of the molecule is CNc1nc(C)cc(C(=O)N2CC(O)CC2c2ccc(F)cc2)n1. The summed E-state index contributed by atoms with van der Waals surface area (Å²) in [5, 5.41) is 12.9. The van der Waals surface area contributed by atoms with Crippen molar-refractivity contribution in [2.24, 2.45) is 0 Å². The highest BCUT2D eigenvalue weighted by atomic mass is 19.1. The molecule has 2 aromatic rings. The van der Waals surface area contributed by atoms with Crippen LogP contribution in [0.15, 0.2) is 30.3 Å². The number of amides is 1. The number of benzene rings is 1. The predicted molar refractivity (Wildman–Crippen MR) is 87.1 cm³/mol. The average Bonchev–Trinajstić information content (AvgIpc) is 2.96. The molecule has 7 heteroatoms. The second kappa shape index (κ2) is 6.52. The number of hydrogen-bond acceptors (Lipinski definition) is 5. The molecule has 126 valence electrons. The van der Waals surface area contributed by atoms with Gasteiger partial charge in [-0.2, -0.15) is 0 Å². The van der Waals surface area contributed by atoms with Crippen LogP contribution < -0.4 is 5.32 Å². The van der Waals surface area contributed by atoms with Gasteiger partial charge in [0.05, 0.1) is 12.1 Å². The second-order valence-corrected chi connectivity index (χ2v) is 5.88. The van der Waals surface area contributed by atoms with Crippen LogP contribution in [0.4, 0.5) is 10.3 Å². The molecule has 1 aromatic carbocycles. The highest BCUT2D eigenvalue weighted by Crippen LogP contribution is 2.33. The molecule has 0 aliphatic carbocycles. The smallest absolute Gasteiger partial charge is 0.273 e. The van der Waals surface area contributed by atoms with Crippen molar-refractivity contribution >= 4 is 11.9 Å². The Morgan fingerprint density at radius 2 is 2.04 bits per heavy atom. The minimum absolute atomic E-state index is 0.221. The fourth-order valence-corrected chi connectivity index (χ4v) is 2.98. The van der Waals surface area contributed by atoms with Gasteiger partial charge in [-0.25, -0.2) is 14.4 Å². The van der Waals surface area contributed by atoms with Gasteiger partial charge in [-0.3, -0.25) is 4.79 Å². The summed E-state index contributed by atoms with van der Waals surface area (Å²) in [6.07, 6.45) is -0.198. The molecule has 0 bridgehead atoms. The van der Waals surface area contributed by atoms with Gasteiger partial charge in [0, 0.05) is 19.3 Å². The zero-order chi connectivity index (χ0) is 17.3. The number of nitrogens with one attached hydrogen (secondary N) is 1. The highest BCUT2D eigenvalue weighted by molar-refractivity contribution is 5.93. The molecule has 1 saturated heterocycles. The number of rotatable bonds is 3. The average molecular weight is 330 g/mol. The molecule has 1 aliphatic heterocycles. The van der Waals surface area contributed by atoms with Crippen LogP contribution in [-0.4, -0.2) is 45.6 Å². The summed E-state index contributed by atoms with van der Waals surface area (Å²) < 4.78 is 13.1. The van der Waals surface area contributed by atoms with E-state index in [9.17, 15) is 14.3 Å². The normalized spacial score (nSPS) is 20.2. The summed E-state index contributed by atoms with van der Waals surface area (Å²) >= 11 is 0. The van der Waals surface area contributed by atoms with E-state index in [0.29, 0.717) is 18.1 Å². The summed E-state index contributed by atoms with van der Waals surface area (Å²) in [6.45, 7) is 2.01. The Morgan fingerprint density at radius 1 is 1.33 bits per heavy atom. The van der Waals surface area contributed by atoms with Gasteiger partial charge in [0.15, 0.2) is 0 Å². The minimum Gasteiger partial charge on any atom is -0.391 e. The molecule has 0 radical (unpaired) electrons. The lowest BCUT2D eigenvalue weighted by Gasteiger charge is -2.24. The molecule has 2 heterocycles. The summed E-state index contributed by atoms with van der Waals surface area (Å²) in [5.74, 6) is -0.237. The standard InChI is InChI=1S/C17H19FN4O2/c1-10-7-14(21-17(19-2)20-10)16(24)22-9-13(23)8-15(22)11-3-5-12(18)6-4-11/h3-7,13,15,23H,8-9H2,1-2H3,(H,19,20,21). The van der Waals surface area contributed by atoms with Gasteiger partial charge in [-0.15, -0.1) is 0 Å². The lowest BCUT2D eigenvalue weighted by Crippen LogP contribution is -2.32. The van der Waals surface area contributed by atoms with Crippen molar-refractivity contribution in [2.75, 3.05) is 18.9 Å². The molecule has 2 unspecified atom stereocenters. The Bertz CT molecular complexity index is 751. The van der Waals surface area contributed by atoms with Crippen LogP contribution in [0.1, 0.15) is 34.2 Å². The third-order valence-electron chi connectivity index (χ3n) is 4.09. The topological polar surface area (TPSA) is 78.4 Å². The summed E-state index contributed by atoms with van der Waals surface area (Å²) in [7, 11) is 1.68. The van der Waals surface area contributed by atoms with Gasteiger partial charge < -0.3 is 15.3 Å². The lowest BCUT2D eigenvalue weighted by molar-refractivity contribution is 0.0709. The van der Waals surface area contributed by atoms with Crippen LogP contribution >= 0.6 is 0 Å². The zero-order valence-electron chi connectivity index (χ0n) is 13.5. The molecule has 0 spiro atoms. The Morgan fingerprint density at radius 3 is 2.71 bits per heavy atom. The number of β-amino-alcohol motifs (C(OH)–C–C–N with tert-alkyl or cyclic N) is 1. The molecular weight excluding hydrogens is 311 g/mol. The molecule has 1 amide bonds. The van der Waals surface area contributed by atoms with E-state index in [1.807, 2.05) is 0 Å². The Hall–Kier alpha value is -2.54. The number of nitrogens with zero attached hydrogens (tertiary/aromatic N) is 3. The Labute approximate surface area is 139 Å². The van der Waals surface area contributed by atoms with Gasteiger partial charge in [0.25, 0.3) is 5.91 Å². The zero-order valence-corrected chi connectivity index (χ0v) is 13.5. The third-order valence-corrected chi connectivity index (χ3v) is 4.09. The number of carbonyl (C=O) groups is 1. The van der Waals surface area contributed by atoms with E-state index in [-0.39, 0.29) is 30.0 Å². The van der Waals surface area contributed by atoms with Crippen molar-refractivity contribution in [3.8, 4) is 0 Å². The van der Waals surface area contributed by atoms with Crippen molar-refractivity contribution in [3.63, 3.8) is 0 Å². The maximum atomic E-state index is 13.1. The molecule has 0 saturated carbocycles. The molecule has 1 fully saturated rings. The molecule has 2 N–H and O–H groups in total. The van der Waals surface area contributed by atoms with E-state index in [4.69, 9.17) is 0 Å². The van der Waals surface area contributed by atoms with Crippen LogP contribution in [0, 0.1) is 12.7 Å². The van der Waals surface area contributed by atoms with Crippen LogP contribution in [-0.2, 0) is 0 Å². The minimum atomic E-state index is -0.615. The number of aliphatic hydroxyl groups excluding tert-OH is 1. The maximum absolute atomic E-state index is 13.1. The molecule has 1 aromatic heterocycles. The number of hydrogen-bond donors (Lipinski definition) is 2. The molecule has 2 atom stereocenters. The number of halogens is 1. The Balaban J connectivity index is 1.92. The number of likely N-dealkylation sites (tertiary alicyclic amines) is 1. The number of aromatic nitrogens is 2. The second-order valence-electron chi connectivity index (χ2n) is 5.88. The molecule has 6 nitrogen and oxygen atoms in total. The van der Waals surface area contributed by atoms with Crippen molar-refractivity contribution in [1.29, 1.82) is 0 Å². The van der Waals surface area contributed by atoms with Crippen LogP contribution in [0.5, 0.6) is 0 Å². The van der Waals surface area contributed by atoms with Gasteiger partial charge in [0.2, 0.25) is 5.95 Å². The fraction of sp³-hybridized carbons (Fsp3) is 0.353. The number of anilines is 1. The van der Waals surface area contributed by atoms with Crippen molar-refractivity contribution < 1.29 is 14.3 Å². The third kappa shape index (κ3) is 3.21. The van der Waals surface area contributed by atoms with Crippen molar-refractivity contribution in [3.05, 3.63) is 53.1 Å². The van der Waals surface area contributed by atoms with E-state index in [1.165, 1.54) is 12.1 Å². The Kier molecular flexibility index (Phi) is 4.44. The molecule has 24 heavy (non-hydrogen) atoms. The summed E-state index contributed by atoms with van der Waals surface area (Å²) in [4.78, 5) is 22.9. The molecular formula is C17H19FN4O2. The van der Waals surface area contributed by atoms with E-state index < -0.39 is 6.10 Å². The first-order chi connectivity index (χ1) is 11.5. The monoisotopic (exact) mass is 330 g/mol. The number of aryl methyl sites for hydroxylation is 1. The van der Waals surface area contributed by atoms with E-state index in [1.54, 1.807) is 37.1 Å². The highest BCUT2D eigenvalue weighted by Gasteiger charge is 2.36. The number of aliphatic hydroxyl groups is 1. The van der Waals surface area contributed by atoms with Crippen LogP contribution in [0.3, 0.4) is 0 Å². The first kappa shape index (κ1) is 16.3. The van der Waals surface area contributed by atoms with E-state index in [0.717, 1.165) is 5.56 Å². The van der Waals surface area contributed by atoms with Gasteiger partial charge in [0.1, 0.15) is 11.5 Å². The van der Waals surface area contributed by atoms with Crippen molar-refractivity contribution in [1.82, 2.24) is 14.9 Å². The summed E-state index contributed by atoms with van der Waals surface area (Å²) in [5.41, 5.74) is 1.74. The van der Waals surface area contributed by atoms with E-state index >= 15 is 0 Å². The van der Waals surface area contributed by atoms with Gasteiger partial charge in [-0.1, -0.05) is 12.1 Å². The van der Waals surface area contributed by atoms with Crippen molar-refractivity contribution in [2.45, 2.75) is 25.5 Å². The first-order valence-electron chi connectivity index (χ1n) is 7.76. The number of carbonyl (C=O) groups excluding carboxylic acids is 1. The maximum Gasteiger partial charge on any atom is 0.273 e. The van der Waals surface area contributed by atoms with Gasteiger partial charge in [-0.05, 0) is 37.1 Å². The largest absolute Gasteiger partial charge is 0.391 e. The molecule has 3 rings (SSSR count). The predicted octanol–water partition coefficient (Wildman–Crippen LogP) is 1.91. The first-order valence-corrected chi connectivity index (χ1v) is 7.76. The van der Waals surface area contributed by atoms with Gasteiger partial charge >= 0.3 is 0 Å². The summed E-state index contributed by atoms with van der Waals surface area (Å²) in [6, 6.07) is 7.31. The fourth-order valence-electron chi connectivity index (χ4n) is 2.98. The van der Waals surface area contributed by atoms with Crippen LogP contribution in [0.2, 0.25) is 0 Å².